The lowest BCUT2D eigenvalue weighted by molar-refractivity contribution is 0.0717. The largest absolute Gasteiger partial charge is 0.366 e. The van der Waals surface area contributed by atoms with Gasteiger partial charge in [0, 0.05) is 30.9 Å². The van der Waals surface area contributed by atoms with Gasteiger partial charge < -0.3 is 10.2 Å². The van der Waals surface area contributed by atoms with Gasteiger partial charge in [-0.3, -0.25) is 4.79 Å². The van der Waals surface area contributed by atoms with Crippen molar-refractivity contribution < 1.29 is 9.18 Å². The average molecular weight is 314 g/mol. The van der Waals surface area contributed by atoms with Crippen molar-refractivity contribution in [2.45, 2.75) is 25.8 Å². The highest BCUT2D eigenvalue weighted by Gasteiger charge is 2.24. The molecule has 120 valence electrons. The Balaban J connectivity index is 1.59. The van der Waals surface area contributed by atoms with Crippen LogP contribution in [-0.2, 0) is 0 Å². The minimum absolute atomic E-state index is 0.0274. The van der Waals surface area contributed by atoms with Crippen LogP contribution in [0.25, 0.3) is 0 Å². The molecule has 1 amide bonds. The molecule has 23 heavy (non-hydrogen) atoms. The number of rotatable bonds is 3. The highest BCUT2D eigenvalue weighted by molar-refractivity contribution is 5.95. The molecule has 0 unspecified atom stereocenters. The van der Waals surface area contributed by atoms with Crippen molar-refractivity contribution in [1.29, 1.82) is 0 Å². The fraction of sp³-hybridized carbons (Fsp3) is 0.353. The van der Waals surface area contributed by atoms with E-state index in [9.17, 15) is 9.18 Å². The number of benzene rings is 1. The van der Waals surface area contributed by atoms with Crippen molar-refractivity contribution in [3.05, 3.63) is 53.5 Å². The van der Waals surface area contributed by atoms with Crippen LogP contribution in [-0.4, -0.2) is 40.1 Å². The summed E-state index contributed by atoms with van der Waals surface area (Å²) in [6.07, 6.45) is 3.34. The van der Waals surface area contributed by atoms with E-state index in [4.69, 9.17) is 0 Å². The Bertz CT molecular complexity index is 684. The predicted molar refractivity (Wildman–Crippen MR) is 85.7 cm³/mol. The minimum Gasteiger partial charge on any atom is -0.366 e. The van der Waals surface area contributed by atoms with E-state index >= 15 is 0 Å². The topological polar surface area (TPSA) is 58.1 Å². The number of hydrogen-bond donors (Lipinski definition) is 1. The Labute approximate surface area is 134 Å². The number of nitrogens with zero attached hydrogens (tertiary/aromatic N) is 3. The van der Waals surface area contributed by atoms with Crippen LogP contribution >= 0.6 is 0 Å². The fourth-order valence-electron chi connectivity index (χ4n) is 2.85. The molecule has 6 heteroatoms. The number of nitrogens with one attached hydrogen (secondary N) is 1. The van der Waals surface area contributed by atoms with Gasteiger partial charge in [-0.15, -0.1) is 5.10 Å². The molecule has 0 bridgehead atoms. The van der Waals surface area contributed by atoms with Crippen LogP contribution in [0.15, 0.2) is 36.5 Å². The summed E-state index contributed by atoms with van der Waals surface area (Å²) in [6.45, 7) is 3.11. The first-order valence-corrected chi connectivity index (χ1v) is 7.73. The Hall–Kier alpha value is -2.50. The summed E-state index contributed by atoms with van der Waals surface area (Å²) >= 11 is 0. The van der Waals surface area contributed by atoms with Gasteiger partial charge in [0.15, 0.2) is 0 Å². The number of aryl methyl sites for hydroxylation is 1. The number of likely N-dealkylation sites (tertiary alicyclic amines) is 1. The molecule has 0 saturated carbocycles. The first-order valence-electron chi connectivity index (χ1n) is 7.73. The van der Waals surface area contributed by atoms with E-state index in [-0.39, 0.29) is 17.8 Å². The second-order valence-electron chi connectivity index (χ2n) is 5.78. The Morgan fingerprint density at radius 3 is 2.74 bits per heavy atom. The zero-order chi connectivity index (χ0) is 16.2. The van der Waals surface area contributed by atoms with Crippen LogP contribution < -0.4 is 5.32 Å². The highest BCUT2D eigenvalue weighted by Crippen LogP contribution is 2.19. The number of aromatic nitrogens is 2. The molecule has 1 aliphatic rings. The molecule has 5 nitrogen and oxygen atoms in total. The zero-order valence-electron chi connectivity index (χ0n) is 13.0. The molecule has 1 aliphatic heterocycles. The summed E-state index contributed by atoms with van der Waals surface area (Å²) in [7, 11) is 0. The van der Waals surface area contributed by atoms with Gasteiger partial charge in [0.25, 0.3) is 5.91 Å². The van der Waals surface area contributed by atoms with Crippen LogP contribution in [0.2, 0.25) is 0 Å². The fourth-order valence-corrected chi connectivity index (χ4v) is 2.85. The van der Waals surface area contributed by atoms with E-state index in [0.717, 1.165) is 18.7 Å². The van der Waals surface area contributed by atoms with Crippen LogP contribution in [0.5, 0.6) is 0 Å². The average Bonchev–Trinajstić information content (AvgIpc) is 2.56. The van der Waals surface area contributed by atoms with E-state index in [0.29, 0.717) is 24.2 Å². The first kappa shape index (κ1) is 15.4. The monoisotopic (exact) mass is 314 g/mol. The molecule has 1 aromatic heterocycles. The van der Waals surface area contributed by atoms with E-state index in [1.165, 1.54) is 12.1 Å². The Morgan fingerprint density at radius 1 is 1.30 bits per heavy atom. The van der Waals surface area contributed by atoms with E-state index in [2.05, 4.69) is 15.5 Å². The number of halogens is 1. The van der Waals surface area contributed by atoms with Crippen molar-refractivity contribution in [3.63, 3.8) is 0 Å². The van der Waals surface area contributed by atoms with Gasteiger partial charge in [-0.05, 0) is 55.7 Å². The maximum Gasteiger partial charge on any atom is 0.254 e. The third-order valence-electron chi connectivity index (χ3n) is 4.13. The van der Waals surface area contributed by atoms with Crippen molar-refractivity contribution in [2.75, 3.05) is 18.4 Å². The van der Waals surface area contributed by atoms with Crippen molar-refractivity contribution in [1.82, 2.24) is 15.1 Å². The van der Waals surface area contributed by atoms with E-state index < -0.39 is 0 Å². The molecule has 1 N–H and O–H groups in total. The smallest absolute Gasteiger partial charge is 0.254 e. The molecule has 1 saturated heterocycles. The van der Waals surface area contributed by atoms with Crippen LogP contribution in [0.3, 0.4) is 0 Å². The van der Waals surface area contributed by atoms with Gasteiger partial charge in [0.2, 0.25) is 0 Å². The summed E-state index contributed by atoms with van der Waals surface area (Å²) < 4.78 is 13.2. The molecular weight excluding hydrogens is 295 g/mol. The standard InChI is InChI=1S/C17H19FN4O/c1-12-11-13(18)4-5-15(12)17(23)22-9-6-14(7-10-22)20-16-3-2-8-19-21-16/h2-5,8,11,14H,6-7,9-10H2,1H3,(H,20,21). The number of amides is 1. The lowest BCUT2D eigenvalue weighted by atomic mass is 10.0. The molecule has 1 fully saturated rings. The van der Waals surface area contributed by atoms with Crippen LogP contribution in [0.4, 0.5) is 10.2 Å². The predicted octanol–water partition coefficient (Wildman–Crippen LogP) is 2.64. The SMILES string of the molecule is Cc1cc(F)ccc1C(=O)N1CCC(Nc2cccnn2)CC1. The highest BCUT2D eigenvalue weighted by atomic mass is 19.1. The zero-order valence-corrected chi connectivity index (χ0v) is 13.0. The molecular formula is C17H19FN4O. The van der Waals surface area contributed by atoms with Gasteiger partial charge in [-0.1, -0.05) is 0 Å². The third-order valence-corrected chi connectivity index (χ3v) is 4.13. The number of anilines is 1. The maximum absolute atomic E-state index is 13.2. The van der Waals surface area contributed by atoms with E-state index in [1.54, 1.807) is 19.2 Å². The summed E-state index contributed by atoms with van der Waals surface area (Å²) in [6, 6.07) is 8.30. The quantitative estimate of drug-likeness (QED) is 0.946. The molecule has 0 atom stereocenters. The van der Waals surface area contributed by atoms with Crippen molar-refractivity contribution in [2.24, 2.45) is 0 Å². The van der Waals surface area contributed by atoms with Gasteiger partial charge in [-0.2, -0.15) is 5.10 Å². The van der Waals surface area contributed by atoms with Gasteiger partial charge >= 0.3 is 0 Å². The molecule has 2 aromatic rings. The molecule has 1 aromatic carbocycles. The van der Waals surface area contributed by atoms with Gasteiger partial charge in [0.05, 0.1) is 0 Å². The third kappa shape index (κ3) is 3.64. The Kier molecular flexibility index (Phi) is 4.50. The molecule has 0 spiro atoms. The molecule has 0 aliphatic carbocycles. The minimum atomic E-state index is -0.314. The maximum atomic E-state index is 13.2. The summed E-state index contributed by atoms with van der Waals surface area (Å²) in [4.78, 5) is 14.4. The number of hydrogen-bond acceptors (Lipinski definition) is 4. The summed E-state index contributed by atoms with van der Waals surface area (Å²) in [5, 5.41) is 11.2. The van der Waals surface area contributed by atoms with Gasteiger partial charge in [-0.25, -0.2) is 4.39 Å². The van der Waals surface area contributed by atoms with Gasteiger partial charge in [0.1, 0.15) is 11.6 Å². The lowest BCUT2D eigenvalue weighted by Gasteiger charge is -2.32. The Morgan fingerprint density at radius 2 is 2.09 bits per heavy atom. The molecule has 2 heterocycles. The number of carbonyl (C=O) groups excluding carboxylic acids is 1. The van der Waals surface area contributed by atoms with Crippen LogP contribution in [0, 0.1) is 12.7 Å². The number of piperidine rings is 1. The van der Waals surface area contributed by atoms with Crippen molar-refractivity contribution >= 4 is 11.7 Å². The molecule has 0 radical (unpaired) electrons. The van der Waals surface area contributed by atoms with E-state index in [1.807, 2.05) is 17.0 Å². The first-order chi connectivity index (χ1) is 11.1. The van der Waals surface area contributed by atoms with Crippen molar-refractivity contribution in [3.8, 4) is 0 Å². The summed E-state index contributed by atoms with van der Waals surface area (Å²) in [5.41, 5.74) is 1.25. The normalized spacial score (nSPS) is 15.5. The second-order valence-corrected chi connectivity index (χ2v) is 5.78. The molecule has 3 rings (SSSR count). The summed E-state index contributed by atoms with van der Waals surface area (Å²) in [5.74, 6) is 0.415. The lowest BCUT2D eigenvalue weighted by Crippen LogP contribution is -2.42. The number of carbonyl (C=O) groups is 1. The van der Waals surface area contributed by atoms with Crippen LogP contribution in [0.1, 0.15) is 28.8 Å². The second kappa shape index (κ2) is 6.73.